The van der Waals surface area contributed by atoms with Crippen molar-refractivity contribution in [1.29, 1.82) is 0 Å². The molecule has 0 spiro atoms. The Kier molecular flexibility index (Phi) is 4.50. The topological polar surface area (TPSA) is 53.1 Å². The van der Waals surface area contributed by atoms with Gasteiger partial charge in [0, 0.05) is 18.9 Å². The molecule has 1 aromatic heterocycles. The van der Waals surface area contributed by atoms with E-state index in [0.29, 0.717) is 6.61 Å². The Hall–Kier alpha value is -0.870. The van der Waals surface area contributed by atoms with Crippen LogP contribution < -0.4 is 5.73 Å². The number of hydrogen-bond donors (Lipinski definition) is 1. The summed E-state index contributed by atoms with van der Waals surface area (Å²) in [6, 6.07) is -0.152. The average molecular weight is 225 g/mol. The molecule has 0 aliphatic heterocycles. The van der Waals surface area contributed by atoms with E-state index in [-0.39, 0.29) is 11.6 Å². The summed E-state index contributed by atoms with van der Waals surface area (Å²) in [5, 5.41) is 0. The van der Waals surface area contributed by atoms with Gasteiger partial charge in [0.15, 0.2) is 0 Å². The molecule has 0 fully saturated rings. The summed E-state index contributed by atoms with van der Waals surface area (Å²) < 4.78 is 7.76. The first-order chi connectivity index (χ1) is 7.44. The van der Waals surface area contributed by atoms with E-state index in [0.717, 1.165) is 18.8 Å². The van der Waals surface area contributed by atoms with Gasteiger partial charge in [0.25, 0.3) is 0 Å². The zero-order valence-electron chi connectivity index (χ0n) is 10.7. The minimum atomic E-state index is -0.153. The number of rotatable bonds is 5. The van der Waals surface area contributed by atoms with Crippen molar-refractivity contribution in [2.75, 3.05) is 6.61 Å². The normalized spacial score (nSPS) is 14.1. The third-order valence-electron chi connectivity index (χ3n) is 2.24. The first-order valence-corrected chi connectivity index (χ1v) is 5.84. The molecule has 92 valence electrons. The first kappa shape index (κ1) is 13.2. The van der Waals surface area contributed by atoms with Crippen LogP contribution in [0.2, 0.25) is 0 Å². The first-order valence-electron chi connectivity index (χ1n) is 5.84. The molecule has 0 aromatic carbocycles. The van der Waals surface area contributed by atoms with Crippen LogP contribution in [0.25, 0.3) is 0 Å². The summed E-state index contributed by atoms with van der Waals surface area (Å²) in [6.07, 6.45) is 4.84. The fourth-order valence-electron chi connectivity index (χ4n) is 1.49. The Morgan fingerprint density at radius 3 is 2.75 bits per heavy atom. The molecular weight excluding hydrogens is 202 g/mol. The van der Waals surface area contributed by atoms with Gasteiger partial charge in [-0.05, 0) is 27.2 Å². The van der Waals surface area contributed by atoms with E-state index >= 15 is 0 Å². The minimum Gasteiger partial charge on any atom is -0.374 e. The van der Waals surface area contributed by atoms with Crippen molar-refractivity contribution in [3.05, 3.63) is 18.2 Å². The van der Waals surface area contributed by atoms with Gasteiger partial charge in [-0.15, -0.1) is 0 Å². The Morgan fingerprint density at radius 1 is 1.50 bits per heavy atom. The maximum absolute atomic E-state index is 6.07. The molecule has 2 N–H and O–H groups in total. The molecule has 4 nitrogen and oxygen atoms in total. The predicted octanol–water partition coefficient (Wildman–Crippen LogP) is 2.11. The van der Waals surface area contributed by atoms with Crippen molar-refractivity contribution in [2.45, 2.75) is 52.3 Å². The van der Waals surface area contributed by atoms with Crippen LogP contribution in [0, 0.1) is 0 Å². The standard InChI is InChI=1S/C12H23N3O/c1-5-7-15-8-6-14-11(15)10(13)9-16-12(2,3)4/h6,8,10H,5,7,9,13H2,1-4H3. The summed E-state index contributed by atoms with van der Waals surface area (Å²) in [5.41, 5.74) is 5.92. The molecule has 1 unspecified atom stereocenters. The fraction of sp³-hybridized carbons (Fsp3) is 0.750. The molecule has 0 radical (unpaired) electrons. The van der Waals surface area contributed by atoms with Gasteiger partial charge >= 0.3 is 0 Å². The lowest BCUT2D eigenvalue weighted by Gasteiger charge is -2.22. The summed E-state index contributed by atoms with van der Waals surface area (Å²) >= 11 is 0. The van der Waals surface area contributed by atoms with Crippen LogP contribution in [0.5, 0.6) is 0 Å². The van der Waals surface area contributed by atoms with Gasteiger partial charge in [-0.3, -0.25) is 0 Å². The summed E-state index contributed by atoms with van der Waals surface area (Å²) in [6.45, 7) is 9.68. The lowest BCUT2D eigenvalue weighted by atomic mass is 10.2. The second-order valence-corrected chi connectivity index (χ2v) is 5.01. The number of nitrogens with two attached hydrogens (primary N) is 1. The Bertz CT molecular complexity index is 314. The van der Waals surface area contributed by atoms with Crippen molar-refractivity contribution in [1.82, 2.24) is 9.55 Å². The van der Waals surface area contributed by atoms with Crippen LogP contribution in [0.15, 0.2) is 12.4 Å². The molecule has 0 saturated carbocycles. The molecule has 1 atom stereocenters. The molecule has 4 heteroatoms. The van der Waals surface area contributed by atoms with Crippen LogP contribution in [-0.2, 0) is 11.3 Å². The second kappa shape index (κ2) is 5.46. The zero-order chi connectivity index (χ0) is 12.2. The highest BCUT2D eigenvalue weighted by atomic mass is 16.5. The Balaban J connectivity index is 2.58. The molecule has 1 rings (SSSR count). The van der Waals surface area contributed by atoms with E-state index in [4.69, 9.17) is 10.5 Å². The minimum absolute atomic E-state index is 0.152. The fourth-order valence-corrected chi connectivity index (χ4v) is 1.49. The molecule has 0 bridgehead atoms. The van der Waals surface area contributed by atoms with Crippen LogP contribution in [-0.4, -0.2) is 21.8 Å². The van der Waals surface area contributed by atoms with Crippen LogP contribution >= 0.6 is 0 Å². The lowest BCUT2D eigenvalue weighted by molar-refractivity contribution is -0.0114. The quantitative estimate of drug-likeness (QED) is 0.835. The number of aromatic nitrogens is 2. The smallest absolute Gasteiger partial charge is 0.128 e. The number of hydrogen-bond acceptors (Lipinski definition) is 3. The Labute approximate surface area is 97.8 Å². The summed E-state index contributed by atoms with van der Waals surface area (Å²) in [5.74, 6) is 0.908. The number of nitrogens with zero attached hydrogens (tertiary/aromatic N) is 2. The van der Waals surface area contributed by atoms with E-state index in [1.807, 2.05) is 27.0 Å². The van der Waals surface area contributed by atoms with E-state index in [1.165, 1.54) is 0 Å². The maximum atomic E-state index is 6.07. The predicted molar refractivity (Wildman–Crippen MR) is 65.2 cm³/mol. The van der Waals surface area contributed by atoms with Gasteiger partial charge in [-0.1, -0.05) is 6.92 Å². The highest BCUT2D eigenvalue weighted by molar-refractivity contribution is 4.98. The average Bonchev–Trinajstić information content (AvgIpc) is 2.62. The van der Waals surface area contributed by atoms with Gasteiger partial charge in [0.2, 0.25) is 0 Å². The molecule has 16 heavy (non-hydrogen) atoms. The van der Waals surface area contributed by atoms with Crippen molar-refractivity contribution in [3.8, 4) is 0 Å². The van der Waals surface area contributed by atoms with E-state index < -0.39 is 0 Å². The lowest BCUT2D eigenvalue weighted by Crippen LogP contribution is -2.28. The molecule has 0 aliphatic carbocycles. The van der Waals surface area contributed by atoms with Crippen molar-refractivity contribution in [3.63, 3.8) is 0 Å². The molecular formula is C12H23N3O. The summed E-state index contributed by atoms with van der Waals surface area (Å²) in [4.78, 5) is 4.29. The molecule has 1 aromatic rings. The van der Waals surface area contributed by atoms with Crippen LogP contribution in [0.3, 0.4) is 0 Å². The molecule has 0 amide bonds. The van der Waals surface area contributed by atoms with Crippen molar-refractivity contribution >= 4 is 0 Å². The van der Waals surface area contributed by atoms with Gasteiger partial charge in [0.05, 0.1) is 18.2 Å². The molecule has 0 saturated heterocycles. The number of ether oxygens (including phenoxy) is 1. The van der Waals surface area contributed by atoms with Gasteiger partial charge in [-0.25, -0.2) is 4.98 Å². The zero-order valence-corrected chi connectivity index (χ0v) is 10.7. The van der Waals surface area contributed by atoms with Crippen molar-refractivity contribution < 1.29 is 4.74 Å². The van der Waals surface area contributed by atoms with Crippen LogP contribution in [0.4, 0.5) is 0 Å². The largest absolute Gasteiger partial charge is 0.374 e. The monoisotopic (exact) mass is 225 g/mol. The third kappa shape index (κ3) is 3.94. The highest BCUT2D eigenvalue weighted by Crippen LogP contribution is 2.14. The highest BCUT2D eigenvalue weighted by Gasteiger charge is 2.17. The van der Waals surface area contributed by atoms with Crippen molar-refractivity contribution in [2.24, 2.45) is 5.73 Å². The maximum Gasteiger partial charge on any atom is 0.128 e. The van der Waals surface area contributed by atoms with Gasteiger partial charge in [0.1, 0.15) is 5.82 Å². The van der Waals surface area contributed by atoms with Gasteiger partial charge in [-0.2, -0.15) is 0 Å². The van der Waals surface area contributed by atoms with E-state index in [2.05, 4.69) is 16.5 Å². The summed E-state index contributed by atoms with van der Waals surface area (Å²) in [7, 11) is 0. The number of aryl methyl sites for hydroxylation is 1. The SMILES string of the molecule is CCCn1ccnc1C(N)COC(C)(C)C. The molecule has 1 heterocycles. The third-order valence-corrected chi connectivity index (χ3v) is 2.24. The van der Waals surface area contributed by atoms with Crippen LogP contribution in [0.1, 0.15) is 46.0 Å². The van der Waals surface area contributed by atoms with Gasteiger partial charge < -0.3 is 15.0 Å². The van der Waals surface area contributed by atoms with E-state index in [9.17, 15) is 0 Å². The second-order valence-electron chi connectivity index (χ2n) is 5.01. The van der Waals surface area contributed by atoms with E-state index in [1.54, 1.807) is 6.20 Å². The number of imidazole rings is 1. The Morgan fingerprint density at radius 2 is 2.19 bits per heavy atom. The molecule has 0 aliphatic rings.